The molecule has 3 aromatic rings. The lowest BCUT2D eigenvalue weighted by atomic mass is 9.64. The summed E-state index contributed by atoms with van der Waals surface area (Å²) < 4.78 is 1.71. The van der Waals surface area contributed by atoms with E-state index in [0.717, 1.165) is 42.5 Å². The van der Waals surface area contributed by atoms with E-state index in [1.54, 1.807) is 17.1 Å². The van der Waals surface area contributed by atoms with Crippen molar-refractivity contribution in [3.63, 3.8) is 0 Å². The number of rotatable bonds is 7. The van der Waals surface area contributed by atoms with Gasteiger partial charge in [0.2, 0.25) is 11.9 Å². The van der Waals surface area contributed by atoms with Crippen LogP contribution < -0.4 is 10.6 Å². The van der Waals surface area contributed by atoms with Crippen molar-refractivity contribution in [2.75, 3.05) is 5.32 Å². The van der Waals surface area contributed by atoms with Crippen LogP contribution in [-0.2, 0) is 18.3 Å². The Morgan fingerprint density at radius 1 is 1.48 bits per heavy atom. The Hall–Kier alpha value is -2.87. The predicted octanol–water partition coefficient (Wildman–Crippen LogP) is 3.49. The summed E-state index contributed by atoms with van der Waals surface area (Å²) in [6.07, 6.45) is 10.3. The molecule has 0 unspecified atom stereocenters. The molecule has 0 saturated heterocycles. The number of halogens is 1. The zero-order chi connectivity index (χ0) is 20.6. The van der Waals surface area contributed by atoms with Crippen LogP contribution in [0.1, 0.15) is 31.9 Å². The molecule has 0 bridgehead atoms. The van der Waals surface area contributed by atoms with E-state index in [4.69, 9.17) is 16.6 Å². The van der Waals surface area contributed by atoms with E-state index in [1.807, 2.05) is 13.2 Å². The second kappa shape index (κ2) is 7.51. The van der Waals surface area contributed by atoms with Gasteiger partial charge in [0.25, 0.3) is 0 Å². The topological polar surface area (TPSA) is 101 Å². The van der Waals surface area contributed by atoms with Crippen LogP contribution >= 0.6 is 11.6 Å². The summed E-state index contributed by atoms with van der Waals surface area (Å²) in [5, 5.41) is 11.8. The van der Waals surface area contributed by atoms with Crippen LogP contribution in [0.25, 0.3) is 11.0 Å². The van der Waals surface area contributed by atoms with Crippen molar-refractivity contribution in [3.05, 3.63) is 42.0 Å². The number of nitrogens with one attached hydrogen (secondary N) is 3. The van der Waals surface area contributed by atoms with Crippen LogP contribution in [0.3, 0.4) is 0 Å². The molecule has 29 heavy (non-hydrogen) atoms. The number of hydrogen-bond acceptors (Lipinski definition) is 5. The van der Waals surface area contributed by atoms with Crippen LogP contribution in [0.2, 0.25) is 5.02 Å². The standard InChI is InChI=1S/C20H24ClN7O/c1-4-16(29)24-12-7-20(2,8-12)6-5-15-17-14(21)10-22-18(17)27-19(26-15)25-13-9-23-28(3)11-13/h4,9-12H,1,5-8H2,2-3H3,(H,24,29)(H2,22,25,26,27). The highest BCUT2D eigenvalue weighted by molar-refractivity contribution is 6.35. The molecule has 1 fully saturated rings. The lowest BCUT2D eigenvalue weighted by molar-refractivity contribution is -0.118. The van der Waals surface area contributed by atoms with Gasteiger partial charge >= 0.3 is 0 Å². The Labute approximate surface area is 173 Å². The van der Waals surface area contributed by atoms with Gasteiger partial charge in [-0.2, -0.15) is 10.1 Å². The zero-order valence-electron chi connectivity index (χ0n) is 16.5. The molecule has 0 spiro atoms. The first-order valence-electron chi connectivity index (χ1n) is 9.57. The molecule has 9 heteroatoms. The Kier molecular flexibility index (Phi) is 5.04. The number of H-pyrrole nitrogens is 1. The number of amides is 1. The Bertz CT molecular complexity index is 1060. The van der Waals surface area contributed by atoms with Gasteiger partial charge in [-0.15, -0.1) is 0 Å². The lowest BCUT2D eigenvalue weighted by Crippen LogP contribution is -2.49. The summed E-state index contributed by atoms with van der Waals surface area (Å²) in [6.45, 7) is 5.75. The van der Waals surface area contributed by atoms with E-state index in [2.05, 4.69) is 39.2 Å². The first-order valence-corrected chi connectivity index (χ1v) is 9.95. The maximum absolute atomic E-state index is 11.5. The van der Waals surface area contributed by atoms with Crippen LogP contribution in [0, 0.1) is 5.41 Å². The van der Waals surface area contributed by atoms with Gasteiger partial charge in [-0.05, 0) is 37.2 Å². The molecule has 0 radical (unpaired) electrons. The van der Waals surface area contributed by atoms with E-state index in [1.165, 1.54) is 6.08 Å². The van der Waals surface area contributed by atoms with Crippen molar-refractivity contribution in [2.45, 2.75) is 38.6 Å². The molecule has 1 aliphatic rings. The summed E-state index contributed by atoms with van der Waals surface area (Å²) in [5.74, 6) is 0.397. The SMILES string of the molecule is C=CC(=O)NC1CC(C)(CCc2nc(Nc3cnn(C)c3)nc3[nH]cc(Cl)c23)C1. The van der Waals surface area contributed by atoms with E-state index in [-0.39, 0.29) is 17.4 Å². The molecule has 4 rings (SSSR count). The number of nitrogens with zero attached hydrogens (tertiary/aromatic N) is 4. The first-order chi connectivity index (χ1) is 13.8. The van der Waals surface area contributed by atoms with Crippen LogP contribution in [0.4, 0.5) is 11.6 Å². The monoisotopic (exact) mass is 413 g/mol. The fraction of sp³-hybridized carbons (Fsp3) is 0.400. The Balaban J connectivity index is 1.49. The maximum atomic E-state index is 11.5. The van der Waals surface area contributed by atoms with Crippen molar-refractivity contribution in [2.24, 2.45) is 12.5 Å². The molecule has 0 aliphatic heterocycles. The average molecular weight is 414 g/mol. The zero-order valence-corrected chi connectivity index (χ0v) is 17.3. The smallest absolute Gasteiger partial charge is 0.243 e. The molecular weight excluding hydrogens is 390 g/mol. The number of fused-ring (bicyclic) bond motifs is 1. The molecule has 1 saturated carbocycles. The van der Waals surface area contributed by atoms with Crippen molar-refractivity contribution in [3.8, 4) is 0 Å². The summed E-state index contributed by atoms with van der Waals surface area (Å²) in [7, 11) is 1.86. The van der Waals surface area contributed by atoms with Gasteiger partial charge in [-0.3, -0.25) is 9.48 Å². The number of carbonyl (C=O) groups excluding carboxylic acids is 1. The second-order valence-corrected chi connectivity index (χ2v) is 8.42. The summed E-state index contributed by atoms with van der Waals surface area (Å²) in [4.78, 5) is 23.9. The van der Waals surface area contributed by atoms with E-state index in [0.29, 0.717) is 16.6 Å². The number of anilines is 2. The van der Waals surface area contributed by atoms with Crippen molar-refractivity contribution in [1.29, 1.82) is 0 Å². The molecule has 1 amide bonds. The number of hydrogen-bond donors (Lipinski definition) is 3. The molecular formula is C20H24ClN7O. The highest BCUT2D eigenvalue weighted by Gasteiger charge is 2.40. The van der Waals surface area contributed by atoms with Gasteiger partial charge in [0.1, 0.15) is 5.65 Å². The molecule has 3 heterocycles. The minimum Gasteiger partial charge on any atom is -0.350 e. The van der Waals surface area contributed by atoms with Gasteiger partial charge in [0.15, 0.2) is 0 Å². The van der Waals surface area contributed by atoms with Crippen LogP contribution in [-0.4, -0.2) is 36.7 Å². The van der Waals surface area contributed by atoms with Crippen LogP contribution in [0.15, 0.2) is 31.2 Å². The largest absolute Gasteiger partial charge is 0.350 e. The van der Waals surface area contributed by atoms with Gasteiger partial charge in [0.05, 0.1) is 28.0 Å². The highest BCUT2D eigenvalue weighted by atomic mass is 35.5. The number of carbonyl (C=O) groups is 1. The van der Waals surface area contributed by atoms with E-state index in [9.17, 15) is 4.79 Å². The molecule has 1 aliphatic carbocycles. The van der Waals surface area contributed by atoms with Gasteiger partial charge in [0, 0.05) is 25.5 Å². The Morgan fingerprint density at radius 3 is 2.97 bits per heavy atom. The minimum absolute atomic E-state index is 0.111. The van der Waals surface area contributed by atoms with Gasteiger partial charge < -0.3 is 15.6 Å². The van der Waals surface area contributed by atoms with Crippen LogP contribution in [0.5, 0.6) is 0 Å². The summed E-state index contributed by atoms with van der Waals surface area (Å²) in [5.41, 5.74) is 2.60. The number of aromatic nitrogens is 5. The van der Waals surface area contributed by atoms with Crippen molar-refractivity contribution in [1.82, 2.24) is 30.0 Å². The van der Waals surface area contributed by atoms with Gasteiger partial charge in [-0.1, -0.05) is 25.1 Å². The highest BCUT2D eigenvalue weighted by Crippen LogP contribution is 2.44. The third-order valence-corrected chi connectivity index (χ3v) is 5.79. The summed E-state index contributed by atoms with van der Waals surface area (Å²) >= 11 is 6.39. The van der Waals surface area contributed by atoms with Crippen molar-refractivity contribution >= 4 is 40.2 Å². The normalized spacial score (nSPS) is 21.0. The lowest BCUT2D eigenvalue weighted by Gasteiger charge is -2.45. The molecule has 152 valence electrons. The second-order valence-electron chi connectivity index (χ2n) is 8.01. The van der Waals surface area contributed by atoms with E-state index < -0.39 is 0 Å². The predicted molar refractivity (Wildman–Crippen MR) is 113 cm³/mol. The molecule has 3 aromatic heterocycles. The number of aromatic amines is 1. The molecule has 8 nitrogen and oxygen atoms in total. The fourth-order valence-electron chi connectivity index (χ4n) is 4.03. The first kappa shape index (κ1) is 19.4. The summed E-state index contributed by atoms with van der Waals surface area (Å²) in [6, 6.07) is 0.217. The fourth-order valence-corrected chi connectivity index (χ4v) is 4.29. The molecule has 0 aromatic carbocycles. The number of aryl methyl sites for hydroxylation is 2. The molecule has 0 atom stereocenters. The molecule has 3 N–H and O–H groups in total. The quantitative estimate of drug-likeness (QED) is 0.515. The maximum Gasteiger partial charge on any atom is 0.243 e. The average Bonchev–Trinajstić information content (AvgIpc) is 3.24. The Morgan fingerprint density at radius 2 is 2.28 bits per heavy atom. The van der Waals surface area contributed by atoms with Gasteiger partial charge in [-0.25, -0.2) is 4.98 Å². The minimum atomic E-state index is -0.111. The van der Waals surface area contributed by atoms with E-state index >= 15 is 0 Å². The third-order valence-electron chi connectivity index (χ3n) is 5.49. The third kappa shape index (κ3) is 4.12. The van der Waals surface area contributed by atoms with Crippen molar-refractivity contribution < 1.29 is 4.79 Å².